The van der Waals surface area contributed by atoms with Gasteiger partial charge in [-0.1, -0.05) is 0 Å². The summed E-state index contributed by atoms with van der Waals surface area (Å²) in [6, 6.07) is 1.92. The van der Waals surface area contributed by atoms with E-state index >= 15 is 0 Å². The Morgan fingerprint density at radius 1 is 1.43 bits per heavy atom. The van der Waals surface area contributed by atoms with Gasteiger partial charge in [0.1, 0.15) is 16.3 Å². The molecular formula is C13H16N4O3S. The molecule has 0 aliphatic carbocycles. The van der Waals surface area contributed by atoms with Gasteiger partial charge in [-0.2, -0.15) is 0 Å². The number of aryl methyl sites for hydroxylation is 2. The lowest BCUT2D eigenvalue weighted by molar-refractivity contribution is 0.0941. The number of nitrogen functional groups attached to an aromatic ring is 1. The SMILES string of the molecule is Cc1cc(C)c2c(N)c(C(=O)NCCOC(N)=O)sc2n1. The Balaban J connectivity index is 2.18. The quantitative estimate of drug-likeness (QED) is 0.736. The number of nitrogens with zero attached hydrogens (tertiary/aromatic N) is 1. The fraction of sp³-hybridized carbons (Fsp3) is 0.308. The van der Waals surface area contributed by atoms with Gasteiger partial charge in [0.2, 0.25) is 0 Å². The number of hydrogen-bond acceptors (Lipinski definition) is 6. The maximum Gasteiger partial charge on any atom is 0.404 e. The van der Waals surface area contributed by atoms with Crippen LogP contribution in [-0.2, 0) is 4.74 Å². The molecule has 0 unspecified atom stereocenters. The molecule has 0 fully saturated rings. The van der Waals surface area contributed by atoms with E-state index in [4.69, 9.17) is 11.5 Å². The highest BCUT2D eigenvalue weighted by molar-refractivity contribution is 7.21. The highest BCUT2D eigenvalue weighted by Gasteiger charge is 2.18. The number of carbonyl (C=O) groups is 2. The molecule has 0 radical (unpaired) electrons. The Hall–Kier alpha value is -2.35. The van der Waals surface area contributed by atoms with Crippen LogP contribution in [0.2, 0.25) is 0 Å². The van der Waals surface area contributed by atoms with E-state index in [1.165, 1.54) is 11.3 Å². The number of carbonyl (C=O) groups excluding carboxylic acids is 2. The van der Waals surface area contributed by atoms with Gasteiger partial charge in [-0.3, -0.25) is 4.79 Å². The molecule has 2 amide bonds. The van der Waals surface area contributed by atoms with Gasteiger partial charge in [0.25, 0.3) is 5.91 Å². The lowest BCUT2D eigenvalue weighted by atomic mass is 10.1. The Morgan fingerprint density at radius 3 is 2.81 bits per heavy atom. The Labute approximate surface area is 125 Å². The first-order valence-electron chi connectivity index (χ1n) is 6.26. The summed E-state index contributed by atoms with van der Waals surface area (Å²) < 4.78 is 4.54. The van der Waals surface area contributed by atoms with Gasteiger partial charge in [0, 0.05) is 11.1 Å². The Kier molecular flexibility index (Phi) is 4.27. The van der Waals surface area contributed by atoms with Crippen molar-refractivity contribution in [2.75, 3.05) is 18.9 Å². The van der Waals surface area contributed by atoms with Crippen molar-refractivity contribution < 1.29 is 14.3 Å². The Morgan fingerprint density at radius 2 is 2.14 bits per heavy atom. The molecule has 2 rings (SSSR count). The normalized spacial score (nSPS) is 10.6. The third kappa shape index (κ3) is 3.22. The summed E-state index contributed by atoms with van der Waals surface area (Å²) in [7, 11) is 0. The van der Waals surface area contributed by atoms with E-state index in [2.05, 4.69) is 15.0 Å². The van der Waals surface area contributed by atoms with Crippen LogP contribution >= 0.6 is 11.3 Å². The van der Waals surface area contributed by atoms with Crippen LogP contribution < -0.4 is 16.8 Å². The van der Waals surface area contributed by atoms with Crippen molar-refractivity contribution in [3.05, 3.63) is 22.2 Å². The molecule has 0 aliphatic heterocycles. The number of fused-ring (bicyclic) bond motifs is 1. The van der Waals surface area contributed by atoms with Crippen LogP contribution in [0.1, 0.15) is 20.9 Å². The van der Waals surface area contributed by atoms with Crippen molar-refractivity contribution in [1.82, 2.24) is 10.3 Å². The summed E-state index contributed by atoms with van der Waals surface area (Å²) in [4.78, 5) is 28.1. The van der Waals surface area contributed by atoms with Crippen LogP contribution in [0.4, 0.5) is 10.5 Å². The van der Waals surface area contributed by atoms with Gasteiger partial charge in [-0.15, -0.1) is 11.3 Å². The second-order valence-electron chi connectivity index (χ2n) is 4.53. The lowest BCUT2D eigenvalue weighted by Crippen LogP contribution is -2.28. The second-order valence-corrected chi connectivity index (χ2v) is 5.53. The number of aromatic nitrogens is 1. The maximum atomic E-state index is 12.1. The number of amides is 2. The van der Waals surface area contributed by atoms with Crippen LogP contribution in [0, 0.1) is 13.8 Å². The van der Waals surface area contributed by atoms with Crippen LogP contribution in [0.15, 0.2) is 6.07 Å². The van der Waals surface area contributed by atoms with Crippen molar-refractivity contribution in [2.45, 2.75) is 13.8 Å². The summed E-state index contributed by atoms with van der Waals surface area (Å²) in [5.41, 5.74) is 13.2. The molecule has 7 nitrogen and oxygen atoms in total. The van der Waals surface area contributed by atoms with Gasteiger partial charge in [-0.05, 0) is 25.5 Å². The monoisotopic (exact) mass is 308 g/mol. The minimum absolute atomic E-state index is 0.0161. The second kappa shape index (κ2) is 5.96. The van der Waals surface area contributed by atoms with Gasteiger partial charge in [0.05, 0.1) is 12.2 Å². The summed E-state index contributed by atoms with van der Waals surface area (Å²) >= 11 is 1.24. The number of hydrogen-bond donors (Lipinski definition) is 3. The maximum absolute atomic E-state index is 12.1. The number of ether oxygens (including phenoxy) is 1. The molecule has 0 spiro atoms. The zero-order valence-corrected chi connectivity index (χ0v) is 12.5. The zero-order chi connectivity index (χ0) is 15.6. The van der Waals surface area contributed by atoms with Crippen LogP contribution in [-0.4, -0.2) is 30.1 Å². The van der Waals surface area contributed by atoms with Crippen LogP contribution in [0.5, 0.6) is 0 Å². The third-order valence-corrected chi connectivity index (χ3v) is 3.96. The number of primary amides is 1. The molecule has 2 aromatic rings. The standard InChI is InChI=1S/C13H16N4O3S/c1-6-5-7(2)17-12-8(6)9(14)10(21-12)11(18)16-3-4-20-13(15)19/h5H,3-4,14H2,1-2H3,(H2,15,19)(H,16,18). The first kappa shape index (κ1) is 15.0. The van der Waals surface area contributed by atoms with Gasteiger partial charge in [0.15, 0.2) is 0 Å². The zero-order valence-electron chi connectivity index (χ0n) is 11.7. The Bertz CT molecular complexity index is 711. The molecule has 5 N–H and O–H groups in total. The van der Waals surface area contributed by atoms with Gasteiger partial charge < -0.3 is 21.5 Å². The van der Waals surface area contributed by atoms with E-state index in [1.807, 2.05) is 19.9 Å². The molecule has 2 aromatic heterocycles. The first-order chi connectivity index (χ1) is 9.90. The molecular weight excluding hydrogens is 292 g/mol. The highest BCUT2D eigenvalue weighted by Crippen LogP contribution is 2.34. The lowest BCUT2D eigenvalue weighted by Gasteiger charge is -2.04. The van der Waals surface area contributed by atoms with Gasteiger partial charge in [-0.25, -0.2) is 9.78 Å². The summed E-state index contributed by atoms with van der Waals surface area (Å²) in [5.74, 6) is -0.319. The molecule has 112 valence electrons. The number of nitrogens with two attached hydrogens (primary N) is 2. The predicted octanol–water partition coefficient (Wildman–Crippen LogP) is 1.32. The molecule has 8 heteroatoms. The van der Waals surface area contributed by atoms with Crippen molar-refractivity contribution in [1.29, 1.82) is 0 Å². The highest BCUT2D eigenvalue weighted by atomic mass is 32.1. The van der Waals surface area contributed by atoms with E-state index in [-0.39, 0.29) is 19.1 Å². The number of rotatable bonds is 4. The number of anilines is 1. The van der Waals surface area contributed by atoms with E-state index in [9.17, 15) is 9.59 Å². The smallest absolute Gasteiger partial charge is 0.404 e. The van der Waals surface area contributed by atoms with Crippen molar-refractivity contribution in [2.24, 2.45) is 5.73 Å². The van der Waals surface area contributed by atoms with E-state index in [1.54, 1.807) is 0 Å². The first-order valence-corrected chi connectivity index (χ1v) is 7.08. The largest absolute Gasteiger partial charge is 0.448 e. The molecule has 2 heterocycles. The number of pyridine rings is 1. The average molecular weight is 308 g/mol. The van der Waals surface area contributed by atoms with E-state index < -0.39 is 6.09 Å². The molecule has 0 aromatic carbocycles. The fourth-order valence-corrected chi connectivity index (χ4v) is 3.17. The molecule has 0 saturated carbocycles. The van der Waals surface area contributed by atoms with Crippen LogP contribution in [0.25, 0.3) is 10.2 Å². The number of thiophene rings is 1. The van der Waals surface area contributed by atoms with E-state index in [0.29, 0.717) is 10.6 Å². The topological polar surface area (TPSA) is 120 Å². The molecule has 0 bridgehead atoms. The minimum Gasteiger partial charge on any atom is -0.448 e. The van der Waals surface area contributed by atoms with Gasteiger partial charge >= 0.3 is 6.09 Å². The molecule has 0 saturated heterocycles. The predicted molar refractivity (Wildman–Crippen MR) is 81.4 cm³/mol. The molecule has 21 heavy (non-hydrogen) atoms. The minimum atomic E-state index is -0.874. The average Bonchev–Trinajstić information content (AvgIpc) is 2.71. The summed E-state index contributed by atoms with van der Waals surface area (Å²) in [6.07, 6.45) is -0.874. The van der Waals surface area contributed by atoms with Crippen molar-refractivity contribution in [3.63, 3.8) is 0 Å². The number of nitrogens with one attached hydrogen (secondary N) is 1. The van der Waals surface area contributed by atoms with E-state index in [0.717, 1.165) is 21.5 Å². The van der Waals surface area contributed by atoms with Crippen molar-refractivity contribution >= 4 is 39.2 Å². The summed E-state index contributed by atoms with van der Waals surface area (Å²) in [5, 5.41) is 3.43. The van der Waals surface area contributed by atoms with Crippen LogP contribution in [0.3, 0.4) is 0 Å². The molecule has 0 aliphatic rings. The fourth-order valence-electron chi connectivity index (χ4n) is 2.03. The van der Waals surface area contributed by atoms with Crippen molar-refractivity contribution in [3.8, 4) is 0 Å². The summed E-state index contributed by atoms with van der Waals surface area (Å²) in [6.45, 7) is 4.01. The third-order valence-electron chi connectivity index (χ3n) is 2.86. The molecule has 0 atom stereocenters.